The van der Waals surface area contributed by atoms with E-state index in [1.807, 2.05) is 19.1 Å². The van der Waals surface area contributed by atoms with E-state index in [0.717, 1.165) is 17.0 Å². The standard InChI is InChI=1S/C21H22N2O2/c1-13-20(19(24)12-22)21(25-23-13)18-10-8-17(9-11-18)16-6-4-15(5-7-16)14-2-3-14/h4-11,14,19,24H,2-3,12,22H2,1H3. The van der Waals surface area contributed by atoms with Gasteiger partial charge in [-0.2, -0.15) is 0 Å². The summed E-state index contributed by atoms with van der Waals surface area (Å²) >= 11 is 0. The van der Waals surface area contributed by atoms with E-state index in [0.29, 0.717) is 17.0 Å². The van der Waals surface area contributed by atoms with E-state index >= 15 is 0 Å². The van der Waals surface area contributed by atoms with E-state index in [1.165, 1.54) is 24.0 Å². The van der Waals surface area contributed by atoms with Crippen LogP contribution in [0.4, 0.5) is 0 Å². The molecule has 1 saturated carbocycles. The number of nitrogens with two attached hydrogens (primary N) is 1. The Morgan fingerprint density at radius 2 is 1.60 bits per heavy atom. The summed E-state index contributed by atoms with van der Waals surface area (Å²) in [5.74, 6) is 1.37. The molecule has 1 aromatic heterocycles. The number of aryl methyl sites for hydroxylation is 1. The van der Waals surface area contributed by atoms with Crippen LogP contribution in [0.3, 0.4) is 0 Å². The molecule has 0 bridgehead atoms. The maximum Gasteiger partial charge on any atom is 0.172 e. The molecule has 3 aromatic rings. The van der Waals surface area contributed by atoms with Crippen LogP contribution in [-0.4, -0.2) is 16.8 Å². The quantitative estimate of drug-likeness (QED) is 0.734. The van der Waals surface area contributed by atoms with Crippen molar-refractivity contribution in [2.75, 3.05) is 6.54 Å². The lowest BCUT2D eigenvalue weighted by Gasteiger charge is -2.09. The van der Waals surface area contributed by atoms with Gasteiger partial charge < -0.3 is 15.4 Å². The summed E-state index contributed by atoms with van der Waals surface area (Å²) in [5.41, 5.74) is 11.6. The molecular weight excluding hydrogens is 312 g/mol. The Kier molecular flexibility index (Phi) is 4.15. The molecule has 1 aliphatic rings. The van der Waals surface area contributed by atoms with Crippen molar-refractivity contribution in [3.05, 3.63) is 65.4 Å². The van der Waals surface area contributed by atoms with Crippen LogP contribution in [-0.2, 0) is 0 Å². The number of nitrogens with zero attached hydrogens (tertiary/aromatic N) is 1. The lowest BCUT2D eigenvalue weighted by atomic mass is 9.98. The minimum absolute atomic E-state index is 0.139. The minimum Gasteiger partial charge on any atom is -0.387 e. The highest BCUT2D eigenvalue weighted by Gasteiger charge is 2.23. The molecule has 4 heteroatoms. The first-order chi connectivity index (χ1) is 12.2. The van der Waals surface area contributed by atoms with Crippen LogP contribution in [0.2, 0.25) is 0 Å². The number of benzene rings is 2. The molecule has 1 aliphatic carbocycles. The predicted octanol–water partition coefficient (Wildman–Crippen LogP) is 4.19. The normalized spacial score (nSPS) is 15.3. The van der Waals surface area contributed by atoms with Crippen LogP contribution >= 0.6 is 0 Å². The molecule has 25 heavy (non-hydrogen) atoms. The zero-order chi connectivity index (χ0) is 17.4. The molecule has 2 aromatic carbocycles. The summed E-state index contributed by atoms with van der Waals surface area (Å²) < 4.78 is 5.43. The average Bonchev–Trinajstić information content (AvgIpc) is 3.44. The zero-order valence-electron chi connectivity index (χ0n) is 14.3. The van der Waals surface area contributed by atoms with Crippen molar-refractivity contribution in [1.29, 1.82) is 0 Å². The molecule has 1 unspecified atom stereocenters. The molecule has 4 rings (SSSR count). The van der Waals surface area contributed by atoms with E-state index in [4.69, 9.17) is 10.3 Å². The van der Waals surface area contributed by atoms with Gasteiger partial charge in [0, 0.05) is 12.1 Å². The Morgan fingerprint density at radius 3 is 2.16 bits per heavy atom. The predicted molar refractivity (Wildman–Crippen MR) is 98.1 cm³/mol. The van der Waals surface area contributed by atoms with E-state index in [9.17, 15) is 5.11 Å². The van der Waals surface area contributed by atoms with Gasteiger partial charge in [0.25, 0.3) is 0 Å². The molecule has 0 aliphatic heterocycles. The number of rotatable bonds is 5. The molecule has 0 amide bonds. The zero-order valence-corrected chi connectivity index (χ0v) is 14.3. The topological polar surface area (TPSA) is 72.3 Å². The molecule has 0 spiro atoms. The summed E-state index contributed by atoms with van der Waals surface area (Å²) in [6.45, 7) is 1.96. The monoisotopic (exact) mass is 334 g/mol. The number of aliphatic hydroxyl groups is 1. The summed E-state index contributed by atoms with van der Waals surface area (Å²) in [6.07, 6.45) is 1.87. The van der Waals surface area contributed by atoms with E-state index in [1.54, 1.807) is 0 Å². The summed E-state index contributed by atoms with van der Waals surface area (Å²) in [5, 5.41) is 14.1. The second-order valence-electron chi connectivity index (χ2n) is 6.74. The van der Waals surface area contributed by atoms with Crippen molar-refractivity contribution in [3.8, 4) is 22.5 Å². The van der Waals surface area contributed by atoms with Crippen LogP contribution in [0, 0.1) is 6.92 Å². The van der Waals surface area contributed by atoms with Crippen LogP contribution in [0.15, 0.2) is 53.1 Å². The second-order valence-corrected chi connectivity index (χ2v) is 6.74. The van der Waals surface area contributed by atoms with Crippen LogP contribution < -0.4 is 5.73 Å². The van der Waals surface area contributed by atoms with Gasteiger partial charge >= 0.3 is 0 Å². The smallest absolute Gasteiger partial charge is 0.172 e. The van der Waals surface area contributed by atoms with E-state index < -0.39 is 6.10 Å². The van der Waals surface area contributed by atoms with Gasteiger partial charge in [-0.1, -0.05) is 53.7 Å². The van der Waals surface area contributed by atoms with E-state index in [-0.39, 0.29) is 6.54 Å². The first-order valence-electron chi connectivity index (χ1n) is 8.72. The van der Waals surface area contributed by atoms with E-state index in [2.05, 4.69) is 41.6 Å². The lowest BCUT2D eigenvalue weighted by Crippen LogP contribution is -2.12. The first kappa shape index (κ1) is 16.1. The molecule has 0 radical (unpaired) electrons. The lowest BCUT2D eigenvalue weighted by molar-refractivity contribution is 0.186. The second kappa shape index (κ2) is 6.47. The largest absolute Gasteiger partial charge is 0.387 e. The van der Waals surface area contributed by atoms with Crippen molar-refractivity contribution in [2.45, 2.75) is 31.8 Å². The third kappa shape index (κ3) is 3.11. The van der Waals surface area contributed by atoms with Gasteiger partial charge in [-0.25, -0.2) is 0 Å². The number of aromatic nitrogens is 1. The number of hydrogen-bond donors (Lipinski definition) is 2. The summed E-state index contributed by atoms with van der Waals surface area (Å²) in [7, 11) is 0. The fraction of sp³-hybridized carbons (Fsp3) is 0.286. The van der Waals surface area contributed by atoms with Crippen molar-refractivity contribution < 1.29 is 9.63 Å². The third-order valence-electron chi connectivity index (χ3n) is 4.90. The Labute approximate surface area is 147 Å². The molecule has 3 N–H and O–H groups in total. The third-order valence-corrected chi connectivity index (χ3v) is 4.90. The molecule has 1 heterocycles. The van der Waals surface area contributed by atoms with Gasteiger partial charge in [-0.3, -0.25) is 0 Å². The Hall–Kier alpha value is -2.43. The van der Waals surface area contributed by atoms with Crippen molar-refractivity contribution >= 4 is 0 Å². The van der Waals surface area contributed by atoms with Gasteiger partial charge in [0.2, 0.25) is 0 Å². The SMILES string of the molecule is Cc1noc(-c2ccc(-c3ccc(C4CC4)cc3)cc2)c1C(O)CN. The number of aliphatic hydroxyl groups excluding tert-OH is 1. The van der Waals surface area contributed by atoms with Gasteiger partial charge in [0.1, 0.15) is 0 Å². The number of hydrogen-bond acceptors (Lipinski definition) is 4. The van der Waals surface area contributed by atoms with Crippen LogP contribution in [0.25, 0.3) is 22.5 Å². The molecule has 4 nitrogen and oxygen atoms in total. The highest BCUT2D eigenvalue weighted by molar-refractivity contribution is 5.70. The van der Waals surface area contributed by atoms with Crippen molar-refractivity contribution in [2.24, 2.45) is 5.73 Å². The molecular formula is C21H22N2O2. The van der Waals surface area contributed by atoms with Gasteiger partial charge in [0.15, 0.2) is 5.76 Å². The summed E-state index contributed by atoms with van der Waals surface area (Å²) in [6, 6.07) is 17.0. The van der Waals surface area contributed by atoms with Gasteiger partial charge in [-0.05, 0) is 42.4 Å². The van der Waals surface area contributed by atoms with Gasteiger partial charge in [0.05, 0.1) is 17.4 Å². The molecule has 1 atom stereocenters. The molecule has 0 saturated heterocycles. The highest BCUT2D eigenvalue weighted by atomic mass is 16.5. The van der Waals surface area contributed by atoms with Gasteiger partial charge in [-0.15, -0.1) is 0 Å². The van der Waals surface area contributed by atoms with Crippen LogP contribution in [0.5, 0.6) is 0 Å². The fourth-order valence-corrected chi connectivity index (χ4v) is 3.27. The first-order valence-corrected chi connectivity index (χ1v) is 8.72. The van der Waals surface area contributed by atoms with Crippen molar-refractivity contribution in [1.82, 2.24) is 5.16 Å². The van der Waals surface area contributed by atoms with Crippen molar-refractivity contribution in [3.63, 3.8) is 0 Å². The maximum absolute atomic E-state index is 10.1. The minimum atomic E-state index is -0.768. The highest BCUT2D eigenvalue weighted by Crippen LogP contribution is 2.40. The fourth-order valence-electron chi connectivity index (χ4n) is 3.27. The summed E-state index contributed by atoms with van der Waals surface area (Å²) in [4.78, 5) is 0. The maximum atomic E-state index is 10.1. The average molecular weight is 334 g/mol. The molecule has 128 valence electrons. The Bertz CT molecular complexity index is 862. The Balaban J connectivity index is 1.62. The van der Waals surface area contributed by atoms with Crippen LogP contribution in [0.1, 0.15) is 41.7 Å². The molecule has 1 fully saturated rings. The Morgan fingerprint density at radius 1 is 1.04 bits per heavy atom.